The average molecular weight is 1590 g/mol. The highest BCUT2D eigenvalue weighted by Crippen LogP contribution is 2.23. The summed E-state index contributed by atoms with van der Waals surface area (Å²) in [6.07, 6.45) is 8.52. The number of nitrogens with one attached hydrogen (secondary N) is 11. The molecule has 34 nitrogen and oxygen atoms in total. The number of carbonyl (C=O) groups is 15. The van der Waals surface area contributed by atoms with E-state index in [1.807, 2.05) is 18.2 Å². The van der Waals surface area contributed by atoms with Gasteiger partial charge in [-0.15, -0.1) is 0 Å². The number of carbonyl (C=O) groups excluding carboxylic acids is 13. The standard InChI is InChI=1S/C79H122N14O20/c1-9-47(6)66(75(107)92-68(49(8)96)77(109)87-56(39-46(4)5)71(103)89-59(79(112)113)41-51-43-82-53-31-26-25-30-52(51)53)90-69(101)54(35-36-62(80)97)84-74(106)61-32-27-37-93(61)65(100)34-24-19-17-15-13-11-10-12-14-16-18-23-33-64(99)83-60(44-94)73(105)91-67(48(7)95)76(108)86-55(38-45(2)3)70(102)85-57(42-63(81)98)72(104)88-58(78(110)111)40-50-28-21-20-22-29-50/h20-22,25-26,28-31,43,45-49,54-61,66-68,82,94-96H,9-19,23-24,27,32-42,44H2,1-8H3,(H2,80,97)(H2,81,98)(H,83,99)(H,84,106)(H,85,102)(H,86,108)(H,87,109)(H,88,104)(H,89,103)(H,90,101)(H,91,105)(H,92,107)(H,110,111)(H,112,113)/t47-,48?,49+,54-,55-,56-,57-,58-,59-,60-,61-,66-,67-,68-/m0/s1. The third-order valence-corrected chi connectivity index (χ3v) is 19.8. The number of aromatic nitrogens is 1. The Bertz CT molecular complexity index is 3650. The first-order valence-electron chi connectivity index (χ1n) is 39.5. The van der Waals surface area contributed by atoms with Gasteiger partial charge in [0.05, 0.1) is 25.2 Å². The van der Waals surface area contributed by atoms with Gasteiger partial charge >= 0.3 is 11.9 Å². The maximum atomic E-state index is 14.2. The molecule has 0 aliphatic carbocycles. The number of aliphatic carboxylic acids is 2. The zero-order valence-electron chi connectivity index (χ0n) is 66.4. The zero-order valence-corrected chi connectivity index (χ0v) is 66.4. The predicted molar refractivity (Wildman–Crippen MR) is 417 cm³/mol. The smallest absolute Gasteiger partial charge is 0.326 e. The Morgan fingerprint density at radius 1 is 0.478 bits per heavy atom. The van der Waals surface area contributed by atoms with Crippen LogP contribution in [0.3, 0.4) is 0 Å². The number of unbranched alkanes of at least 4 members (excludes halogenated alkanes) is 11. The van der Waals surface area contributed by atoms with Crippen LogP contribution in [0.15, 0.2) is 60.8 Å². The number of H-pyrrole nitrogens is 1. The lowest BCUT2D eigenvalue weighted by atomic mass is 9.96. The number of carboxylic acids is 2. The lowest BCUT2D eigenvalue weighted by Crippen LogP contribution is -2.62. The Morgan fingerprint density at radius 2 is 0.920 bits per heavy atom. The molecule has 2 aromatic carbocycles. The molecule has 1 unspecified atom stereocenters. The van der Waals surface area contributed by atoms with E-state index in [0.717, 1.165) is 68.7 Å². The summed E-state index contributed by atoms with van der Waals surface area (Å²) in [4.78, 5) is 204. The summed E-state index contributed by atoms with van der Waals surface area (Å²) >= 11 is 0. The fraction of sp³-hybridized carbons (Fsp3) is 0.633. The van der Waals surface area contributed by atoms with Crippen LogP contribution in [0, 0.1) is 17.8 Å². The molecular weight excluding hydrogens is 1460 g/mol. The van der Waals surface area contributed by atoms with E-state index < -0.39 is 180 Å². The Labute approximate surface area is 659 Å². The van der Waals surface area contributed by atoms with E-state index in [9.17, 15) is 97.5 Å². The number of nitrogens with two attached hydrogens (primary N) is 2. The fourth-order valence-electron chi connectivity index (χ4n) is 13.3. The van der Waals surface area contributed by atoms with Crippen LogP contribution in [0.1, 0.15) is 208 Å². The van der Waals surface area contributed by atoms with Crippen molar-refractivity contribution < 1.29 is 97.5 Å². The highest BCUT2D eigenvalue weighted by molar-refractivity contribution is 6.00. The number of rotatable bonds is 54. The van der Waals surface area contributed by atoms with Crippen molar-refractivity contribution in [3.05, 3.63) is 71.9 Å². The Morgan fingerprint density at radius 3 is 1.42 bits per heavy atom. The number of aliphatic hydroxyl groups excluding tert-OH is 3. The van der Waals surface area contributed by atoms with Crippen molar-refractivity contribution >= 4 is 99.6 Å². The van der Waals surface area contributed by atoms with Crippen molar-refractivity contribution in [1.29, 1.82) is 0 Å². The van der Waals surface area contributed by atoms with Crippen molar-refractivity contribution in [2.45, 2.75) is 288 Å². The molecule has 14 atom stereocenters. The number of hydrogen-bond donors (Lipinski definition) is 18. The van der Waals surface area contributed by atoms with Crippen LogP contribution in [-0.2, 0) is 84.8 Å². The van der Waals surface area contributed by atoms with Crippen molar-refractivity contribution in [2.24, 2.45) is 29.2 Å². The van der Waals surface area contributed by atoms with Crippen LogP contribution in [0.2, 0.25) is 0 Å². The molecule has 1 fully saturated rings. The molecule has 113 heavy (non-hydrogen) atoms. The van der Waals surface area contributed by atoms with Crippen LogP contribution < -0.4 is 64.6 Å². The molecule has 0 spiro atoms. The van der Waals surface area contributed by atoms with E-state index in [4.69, 9.17) is 11.5 Å². The minimum absolute atomic E-state index is 0.0327. The first-order valence-corrected chi connectivity index (χ1v) is 39.5. The molecule has 1 aliphatic heterocycles. The molecule has 0 saturated carbocycles. The minimum atomic E-state index is -1.70. The van der Waals surface area contributed by atoms with Gasteiger partial charge in [0.15, 0.2) is 0 Å². The topological polar surface area (TPSA) is 549 Å². The number of benzene rings is 2. The predicted octanol–water partition coefficient (Wildman–Crippen LogP) is 1.46. The largest absolute Gasteiger partial charge is 0.480 e. The third-order valence-electron chi connectivity index (χ3n) is 19.8. The lowest BCUT2D eigenvalue weighted by molar-refractivity contribution is -0.143. The highest BCUT2D eigenvalue weighted by atomic mass is 16.4. The molecule has 0 bridgehead atoms. The summed E-state index contributed by atoms with van der Waals surface area (Å²) in [6, 6.07) is -0.133. The van der Waals surface area contributed by atoms with Gasteiger partial charge in [-0.05, 0) is 93.7 Å². The number of hydrogen-bond acceptors (Lipinski definition) is 18. The lowest BCUT2D eigenvalue weighted by Gasteiger charge is -2.30. The number of nitrogens with zero attached hydrogens (tertiary/aromatic N) is 1. The van der Waals surface area contributed by atoms with E-state index in [1.165, 1.54) is 18.7 Å². The first kappa shape index (κ1) is 95.3. The Kier molecular flexibility index (Phi) is 41.7. The fourth-order valence-corrected chi connectivity index (χ4v) is 13.3. The van der Waals surface area contributed by atoms with Gasteiger partial charge in [-0.2, -0.15) is 0 Å². The second-order valence-corrected chi connectivity index (χ2v) is 30.3. The molecule has 13 amide bonds. The van der Waals surface area contributed by atoms with Crippen LogP contribution in [0.4, 0.5) is 0 Å². The molecule has 3 aromatic rings. The summed E-state index contributed by atoms with van der Waals surface area (Å²) in [5.41, 5.74) is 12.9. The van der Waals surface area contributed by atoms with Crippen LogP contribution in [0.5, 0.6) is 0 Å². The van der Waals surface area contributed by atoms with Crippen molar-refractivity contribution in [2.75, 3.05) is 13.2 Å². The van der Waals surface area contributed by atoms with E-state index in [0.29, 0.717) is 56.2 Å². The quantitative estimate of drug-likeness (QED) is 0.0356. The molecule has 1 aliphatic rings. The van der Waals surface area contributed by atoms with Crippen LogP contribution in [-0.4, -0.2) is 216 Å². The van der Waals surface area contributed by atoms with Crippen molar-refractivity contribution in [3.63, 3.8) is 0 Å². The van der Waals surface area contributed by atoms with Gasteiger partial charge in [-0.25, -0.2) is 9.59 Å². The molecule has 20 N–H and O–H groups in total. The van der Waals surface area contributed by atoms with Gasteiger partial charge in [0.1, 0.15) is 66.5 Å². The Hall–Kier alpha value is -10.1. The maximum Gasteiger partial charge on any atom is 0.326 e. The SMILES string of the molecule is CC[C@H](C)[C@H](NC(=O)[C@H](CCC(N)=O)NC(=O)[C@@H]1CCCN1C(=O)CCCCCCCCCCCCCCC(=O)N[C@@H](CO)C(=O)N[C@H](C(=O)N[C@@H](CC(C)C)C(=O)N[C@@H](CC(N)=O)C(=O)N[C@@H](Cc1ccccc1)C(=O)O)C(C)O)C(=O)N[C@H](C(=O)N[C@@H](CC(C)C)C(=O)N[C@@H](Cc1c[nH]c2ccccc12)C(=O)O)[C@@H](C)O. The number of fused-ring (bicyclic) bond motifs is 1. The summed E-state index contributed by atoms with van der Waals surface area (Å²) in [6.45, 7) is 12.3. The molecule has 4 rings (SSSR count). The average Bonchev–Trinajstić information content (AvgIpc) is 1.78. The second kappa shape index (κ2) is 49.4. The highest BCUT2D eigenvalue weighted by Gasteiger charge is 2.41. The van der Waals surface area contributed by atoms with Gasteiger partial charge in [-0.3, -0.25) is 62.3 Å². The summed E-state index contributed by atoms with van der Waals surface area (Å²) in [5.74, 6) is -14.5. The molecule has 628 valence electrons. The van der Waals surface area contributed by atoms with Crippen LogP contribution in [0.25, 0.3) is 10.9 Å². The van der Waals surface area contributed by atoms with Gasteiger partial charge in [-0.1, -0.05) is 161 Å². The van der Waals surface area contributed by atoms with Gasteiger partial charge in [0, 0.05) is 55.7 Å². The molecule has 0 radical (unpaired) electrons. The number of aliphatic hydroxyl groups is 3. The number of likely N-dealkylation sites (tertiary alicyclic amines) is 1. The van der Waals surface area contributed by atoms with Gasteiger partial charge in [0.25, 0.3) is 0 Å². The van der Waals surface area contributed by atoms with E-state index >= 15 is 0 Å². The molecule has 1 aromatic heterocycles. The monoisotopic (exact) mass is 1590 g/mol. The number of para-hydroxylation sites is 1. The zero-order chi connectivity index (χ0) is 84.0. The van der Waals surface area contributed by atoms with Crippen molar-refractivity contribution in [3.8, 4) is 0 Å². The summed E-state index contributed by atoms with van der Waals surface area (Å²) in [7, 11) is 0. The van der Waals surface area contributed by atoms with Crippen molar-refractivity contribution in [1.82, 2.24) is 63.1 Å². The number of carboxylic acid groups (broad SMARTS) is 2. The van der Waals surface area contributed by atoms with Gasteiger partial charge < -0.3 is 100 Å². The van der Waals surface area contributed by atoms with E-state index in [1.54, 1.807) is 84.1 Å². The number of amides is 13. The molecule has 34 heteroatoms. The maximum absolute atomic E-state index is 14.2. The van der Waals surface area contributed by atoms with Gasteiger partial charge in [0.2, 0.25) is 76.8 Å². The second-order valence-electron chi connectivity index (χ2n) is 30.3. The Balaban J connectivity index is 1.17. The number of primary amides is 2. The van der Waals surface area contributed by atoms with Crippen LogP contribution >= 0.6 is 0 Å². The van der Waals surface area contributed by atoms with E-state index in [-0.39, 0.29) is 69.1 Å². The molecular formula is C79H122N14O20. The normalized spacial score (nSPS) is 16.2. The summed E-state index contributed by atoms with van der Waals surface area (Å²) in [5, 5.41) is 77.3. The molecule has 1 saturated heterocycles. The summed E-state index contributed by atoms with van der Waals surface area (Å²) < 4.78 is 0. The number of aromatic amines is 1. The third kappa shape index (κ3) is 33.6. The first-order chi connectivity index (χ1) is 53.5. The minimum Gasteiger partial charge on any atom is -0.480 e. The molecule has 2 heterocycles. The van der Waals surface area contributed by atoms with E-state index in [2.05, 4.69) is 58.2 Å².